The summed E-state index contributed by atoms with van der Waals surface area (Å²) >= 11 is 6.03. The lowest BCUT2D eigenvalue weighted by molar-refractivity contribution is 0.0729. The molecule has 0 saturated heterocycles. The van der Waals surface area contributed by atoms with E-state index in [0.29, 0.717) is 21.9 Å². The van der Waals surface area contributed by atoms with Gasteiger partial charge in [0.15, 0.2) is 11.5 Å². The highest BCUT2D eigenvalue weighted by Crippen LogP contribution is 2.29. The van der Waals surface area contributed by atoms with Crippen LogP contribution >= 0.6 is 11.6 Å². The van der Waals surface area contributed by atoms with Crippen LogP contribution in [-0.4, -0.2) is 25.2 Å². The summed E-state index contributed by atoms with van der Waals surface area (Å²) in [4.78, 5) is 24.4. The van der Waals surface area contributed by atoms with Crippen molar-refractivity contribution < 1.29 is 19.1 Å². The summed E-state index contributed by atoms with van der Waals surface area (Å²) in [5.41, 5.74) is 4.95. The highest BCUT2D eigenvalue weighted by molar-refractivity contribution is 6.33. The number of hydrogen-bond donors (Lipinski definition) is 1. The number of aryl methyl sites for hydroxylation is 1. The molecule has 0 aliphatic rings. The second-order valence-electron chi connectivity index (χ2n) is 6.34. The molecule has 0 aromatic heterocycles. The van der Waals surface area contributed by atoms with Gasteiger partial charge < -0.3 is 9.47 Å². The zero-order chi connectivity index (χ0) is 21.5. The van der Waals surface area contributed by atoms with Gasteiger partial charge in [0.2, 0.25) is 0 Å². The van der Waals surface area contributed by atoms with Crippen LogP contribution in [0.2, 0.25) is 5.02 Å². The fourth-order valence-corrected chi connectivity index (χ4v) is 2.78. The molecule has 0 radical (unpaired) electrons. The first kappa shape index (κ1) is 21.1. The number of amides is 1. The third-order valence-corrected chi connectivity index (χ3v) is 4.51. The minimum absolute atomic E-state index is 0.239. The molecular weight excluding hydrogens is 404 g/mol. The van der Waals surface area contributed by atoms with Gasteiger partial charge in [-0.25, -0.2) is 10.2 Å². The van der Waals surface area contributed by atoms with E-state index >= 15 is 0 Å². The number of nitrogens with one attached hydrogen (secondary N) is 1. The molecule has 1 N–H and O–H groups in total. The number of halogens is 1. The van der Waals surface area contributed by atoms with E-state index in [0.717, 1.165) is 5.56 Å². The van der Waals surface area contributed by atoms with Crippen LogP contribution in [0, 0.1) is 6.92 Å². The summed E-state index contributed by atoms with van der Waals surface area (Å²) in [5.74, 6) is -0.332. The summed E-state index contributed by atoms with van der Waals surface area (Å²) < 4.78 is 10.7. The van der Waals surface area contributed by atoms with Crippen molar-refractivity contribution >= 4 is 29.7 Å². The lowest BCUT2D eigenvalue weighted by Gasteiger charge is -2.10. The number of ether oxygens (including phenoxy) is 2. The van der Waals surface area contributed by atoms with Gasteiger partial charge >= 0.3 is 5.97 Å². The Morgan fingerprint density at radius 2 is 1.73 bits per heavy atom. The van der Waals surface area contributed by atoms with Crippen molar-refractivity contribution in [3.8, 4) is 11.5 Å². The van der Waals surface area contributed by atoms with E-state index in [9.17, 15) is 9.59 Å². The zero-order valence-electron chi connectivity index (χ0n) is 16.4. The highest BCUT2D eigenvalue weighted by atomic mass is 35.5. The van der Waals surface area contributed by atoms with E-state index in [-0.39, 0.29) is 17.2 Å². The third-order valence-electron chi connectivity index (χ3n) is 4.18. The summed E-state index contributed by atoms with van der Waals surface area (Å²) in [6, 6.07) is 18.7. The lowest BCUT2D eigenvalue weighted by atomic mass is 10.1. The van der Waals surface area contributed by atoms with Crippen molar-refractivity contribution in [2.45, 2.75) is 6.92 Å². The van der Waals surface area contributed by atoms with Crippen LogP contribution in [-0.2, 0) is 0 Å². The molecule has 1 amide bonds. The number of carbonyl (C=O) groups is 2. The molecule has 3 aromatic rings. The van der Waals surface area contributed by atoms with E-state index < -0.39 is 5.97 Å². The molecule has 0 atom stereocenters. The molecule has 3 rings (SSSR count). The Kier molecular flexibility index (Phi) is 6.83. The Balaban J connectivity index is 1.68. The largest absolute Gasteiger partial charge is 0.493 e. The Hall–Kier alpha value is -3.64. The third kappa shape index (κ3) is 5.24. The molecule has 6 nitrogen and oxygen atoms in total. The van der Waals surface area contributed by atoms with Gasteiger partial charge in [-0.05, 0) is 55.0 Å². The molecular formula is C23H19ClN2O4. The van der Waals surface area contributed by atoms with Crippen molar-refractivity contribution in [1.29, 1.82) is 0 Å². The number of rotatable bonds is 6. The normalized spacial score (nSPS) is 10.6. The fraction of sp³-hybridized carbons (Fsp3) is 0.0870. The number of hydrogen-bond acceptors (Lipinski definition) is 5. The smallest absolute Gasteiger partial charge is 0.345 e. The van der Waals surface area contributed by atoms with Crippen molar-refractivity contribution in [3.63, 3.8) is 0 Å². The molecule has 0 unspecified atom stereocenters. The van der Waals surface area contributed by atoms with E-state index in [1.54, 1.807) is 54.6 Å². The van der Waals surface area contributed by atoms with Crippen molar-refractivity contribution in [1.82, 2.24) is 5.43 Å². The average Bonchev–Trinajstić information content (AvgIpc) is 2.75. The van der Waals surface area contributed by atoms with Crippen LogP contribution in [0.15, 0.2) is 71.8 Å². The Labute approximate surface area is 179 Å². The maximum atomic E-state index is 12.4. The molecule has 152 valence electrons. The van der Waals surface area contributed by atoms with Crippen LogP contribution in [0.3, 0.4) is 0 Å². The quantitative estimate of drug-likeness (QED) is 0.272. The summed E-state index contributed by atoms with van der Waals surface area (Å²) in [7, 11) is 1.46. The highest BCUT2D eigenvalue weighted by Gasteiger charge is 2.15. The van der Waals surface area contributed by atoms with Gasteiger partial charge in [-0.15, -0.1) is 0 Å². The number of methoxy groups -OCH3 is 1. The van der Waals surface area contributed by atoms with Crippen LogP contribution < -0.4 is 14.9 Å². The molecule has 3 aromatic carbocycles. The van der Waals surface area contributed by atoms with E-state index in [2.05, 4.69) is 10.5 Å². The first-order chi connectivity index (χ1) is 14.5. The minimum atomic E-state index is -0.592. The van der Waals surface area contributed by atoms with Gasteiger partial charge in [-0.2, -0.15) is 5.10 Å². The van der Waals surface area contributed by atoms with Crippen LogP contribution in [0.5, 0.6) is 11.5 Å². The minimum Gasteiger partial charge on any atom is -0.493 e. The van der Waals surface area contributed by atoms with Crippen LogP contribution in [0.4, 0.5) is 0 Å². The van der Waals surface area contributed by atoms with E-state index in [1.807, 2.05) is 19.1 Å². The lowest BCUT2D eigenvalue weighted by Crippen LogP contribution is -2.17. The number of benzene rings is 3. The Morgan fingerprint density at radius 3 is 2.43 bits per heavy atom. The number of esters is 1. The molecule has 7 heteroatoms. The predicted molar refractivity (Wildman–Crippen MR) is 116 cm³/mol. The number of carbonyl (C=O) groups excluding carboxylic acids is 2. The first-order valence-electron chi connectivity index (χ1n) is 9.03. The molecule has 0 aliphatic carbocycles. The second-order valence-corrected chi connectivity index (χ2v) is 6.75. The monoisotopic (exact) mass is 422 g/mol. The summed E-state index contributed by atoms with van der Waals surface area (Å²) in [6.07, 6.45) is 1.47. The molecule has 0 saturated carbocycles. The second kappa shape index (κ2) is 9.71. The van der Waals surface area contributed by atoms with Gasteiger partial charge in [0, 0.05) is 5.56 Å². The molecule has 0 bridgehead atoms. The standard InChI is InChI=1S/C23H19ClN2O4/c1-15-7-10-17(11-8-15)22(27)26-25-14-16-9-12-20(21(13-16)29-2)30-23(28)18-5-3-4-6-19(18)24/h3-14H,1-2H3,(H,26,27)/b25-14+. The van der Waals surface area contributed by atoms with Gasteiger partial charge in [0.05, 0.1) is 23.9 Å². The van der Waals surface area contributed by atoms with E-state index in [4.69, 9.17) is 21.1 Å². The maximum Gasteiger partial charge on any atom is 0.345 e. The molecule has 30 heavy (non-hydrogen) atoms. The van der Waals surface area contributed by atoms with Crippen molar-refractivity contribution in [3.05, 3.63) is 94.0 Å². The fourth-order valence-electron chi connectivity index (χ4n) is 2.57. The average molecular weight is 423 g/mol. The number of hydrazone groups is 1. The van der Waals surface area contributed by atoms with Gasteiger partial charge in [0.25, 0.3) is 5.91 Å². The van der Waals surface area contributed by atoms with Gasteiger partial charge in [-0.3, -0.25) is 4.79 Å². The summed E-state index contributed by atoms with van der Waals surface area (Å²) in [5, 5.41) is 4.26. The van der Waals surface area contributed by atoms with Crippen LogP contribution in [0.1, 0.15) is 31.8 Å². The Morgan fingerprint density at radius 1 is 1.00 bits per heavy atom. The molecule has 0 aliphatic heterocycles. The predicted octanol–water partition coefficient (Wildman–Crippen LogP) is 4.64. The molecule has 0 heterocycles. The van der Waals surface area contributed by atoms with Crippen molar-refractivity contribution in [2.24, 2.45) is 5.10 Å². The Bertz CT molecular complexity index is 1090. The maximum absolute atomic E-state index is 12.4. The topological polar surface area (TPSA) is 77.0 Å². The molecule has 0 fully saturated rings. The van der Waals surface area contributed by atoms with E-state index in [1.165, 1.54) is 13.3 Å². The van der Waals surface area contributed by atoms with Crippen LogP contribution in [0.25, 0.3) is 0 Å². The first-order valence-corrected chi connectivity index (χ1v) is 9.40. The number of nitrogens with zero attached hydrogens (tertiary/aromatic N) is 1. The summed E-state index contributed by atoms with van der Waals surface area (Å²) in [6.45, 7) is 1.95. The van der Waals surface area contributed by atoms with Gasteiger partial charge in [0.1, 0.15) is 0 Å². The molecule has 0 spiro atoms. The van der Waals surface area contributed by atoms with Crippen molar-refractivity contribution in [2.75, 3.05) is 7.11 Å². The van der Waals surface area contributed by atoms with Gasteiger partial charge in [-0.1, -0.05) is 41.4 Å². The zero-order valence-corrected chi connectivity index (χ0v) is 17.1. The SMILES string of the molecule is COc1cc(/C=N/NC(=O)c2ccc(C)cc2)ccc1OC(=O)c1ccccc1Cl.